The third kappa shape index (κ3) is 6.50. The molecule has 0 radical (unpaired) electrons. The number of carbonyl (C=O) groups is 5. The van der Waals surface area contributed by atoms with Crippen molar-refractivity contribution < 1.29 is 63.0 Å². The quantitative estimate of drug-likeness (QED) is 0.181. The fourth-order valence-electron chi connectivity index (χ4n) is 6.09. The van der Waals surface area contributed by atoms with Gasteiger partial charge in [0.15, 0.2) is 5.78 Å². The molecule has 4 rings (SSSR count). The van der Waals surface area contributed by atoms with Crippen molar-refractivity contribution >= 4 is 29.7 Å². The summed E-state index contributed by atoms with van der Waals surface area (Å²) >= 11 is 0. The Hall–Kier alpha value is -5.95. The maximum absolute atomic E-state index is 13.6. The number of aliphatic hydroxyl groups is 1. The molecule has 1 aliphatic carbocycles. The molecular weight excluding hydrogens is 676 g/mol. The number of benzene rings is 3. The Kier molecular flexibility index (Phi) is 10.7. The van der Waals surface area contributed by atoms with Crippen LogP contribution in [0.5, 0.6) is 28.7 Å². The standard InChI is InChI=1S/C39H40O13/c1-16-12-26(18(3)20(5)30(16)36(44)51-27-15-28(48-10)31(35(42)43)21(6)19(27)4)50-37(45)32-22(7)23(8)34(24(9)33(32)41)52-38(46)39(47)17(2)13-25(40)14-29(39)49-11/h12-15,41,47H,1-11H3,(H,42,43)/t39-/m1/s1. The lowest BCUT2D eigenvalue weighted by molar-refractivity contribution is -0.151. The predicted molar refractivity (Wildman–Crippen MR) is 187 cm³/mol. The summed E-state index contributed by atoms with van der Waals surface area (Å²) in [6, 6.07) is 2.83. The van der Waals surface area contributed by atoms with Crippen LogP contribution in [-0.4, -0.2) is 64.8 Å². The van der Waals surface area contributed by atoms with Crippen LogP contribution in [0.15, 0.2) is 35.6 Å². The highest BCUT2D eigenvalue weighted by Gasteiger charge is 2.48. The van der Waals surface area contributed by atoms with Crippen molar-refractivity contribution in [2.75, 3.05) is 14.2 Å². The number of allylic oxidation sites excluding steroid dienone is 2. The van der Waals surface area contributed by atoms with Gasteiger partial charge in [0, 0.05) is 17.7 Å². The molecule has 0 fully saturated rings. The molecule has 13 nitrogen and oxygen atoms in total. The van der Waals surface area contributed by atoms with E-state index in [1.165, 1.54) is 47.1 Å². The lowest BCUT2D eigenvalue weighted by atomic mass is 9.87. The number of aromatic carboxylic acids is 1. The van der Waals surface area contributed by atoms with Gasteiger partial charge in [-0.05, 0) is 119 Å². The fraction of sp³-hybridized carbons (Fsp3) is 0.308. The van der Waals surface area contributed by atoms with E-state index in [1.807, 2.05) is 0 Å². The average Bonchev–Trinajstić information content (AvgIpc) is 3.07. The van der Waals surface area contributed by atoms with Crippen molar-refractivity contribution in [2.24, 2.45) is 0 Å². The number of phenols is 1. The van der Waals surface area contributed by atoms with Crippen LogP contribution in [0.25, 0.3) is 0 Å². The first-order chi connectivity index (χ1) is 24.2. The van der Waals surface area contributed by atoms with Crippen molar-refractivity contribution in [2.45, 2.75) is 67.9 Å². The summed E-state index contributed by atoms with van der Waals surface area (Å²) in [6.07, 6.45) is 2.05. The Morgan fingerprint density at radius 2 is 1.13 bits per heavy atom. The molecule has 3 aromatic rings. The third-order valence-corrected chi connectivity index (χ3v) is 9.59. The van der Waals surface area contributed by atoms with Crippen molar-refractivity contribution in [1.82, 2.24) is 0 Å². The monoisotopic (exact) mass is 716 g/mol. The molecule has 1 aliphatic rings. The molecule has 0 heterocycles. The number of carbonyl (C=O) groups excluding carboxylic acids is 4. The summed E-state index contributed by atoms with van der Waals surface area (Å²) in [5.41, 5.74) is 0.129. The van der Waals surface area contributed by atoms with Gasteiger partial charge in [-0.1, -0.05) is 0 Å². The first-order valence-electron chi connectivity index (χ1n) is 16.0. The van der Waals surface area contributed by atoms with Crippen LogP contribution in [0, 0.1) is 55.4 Å². The zero-order valence-electron chi connectivity index (χ0n) is 30.7. The van der Waals surface area contributed by atoms with Crippen molar-refractivity contribution in [3.05, 3.63) is 96.8 Å². The number of rotatable bonds is 9. The summed E-state index contributed by atoms with van der Waals surface area (Å²) in [7, 11) is 2.51. The number of carboxylic acids is 1. The number of ether oxygens (including phenoxy) is 5. The normalized spacial score (nSPS) is 15.3. The number of phenolic OH excluding ortho intramolecular Hbond substituents is 1. The SMILES string of the molecule is COC1=CC(=O)C=C(C)[C@]1(O)C(=O)Oc1c(C)c(C)c(C(=O)Oc2cc(C)c(C(=O)Oc3cc(OC)c(C(=O)O)c(C)c3C)c(C)c2C)c(O)c1C. The topological polar surface area (TPSA) is 192 Å². The minimum absolute atomic E-state index is 0.00388. The number of methoxy groups -OCH3 is 2. The number of hydrogen-bond donors (Lipinski definition) is 3. The van der Waals surface area contributed by atoms with Crippen LogP contribution in [0.2, 0.25) is 0 Å². The molecule has 52 heavy (non-hydrogen) atoms. The minimum Gasteiger partial charge on any atom is -0.507 e. The van der Waals surface area contributed by atoms with Crippen LogP contribution >= 0.6 is 0 Å². The van der Waals surface area contributed by atoms with E-state index in [2.05, 4.69) is 0 Å². The number of esters is 3. The van der Waals surface area contributed by atoms with Gasteiger partial charge in [-0.2, -0.15) is 0 Å². The Balaban J connectivity index is 1.65. The number of carboxylic acid groups (broad SMARTS) is 1. The maximum atomic E-state index is 13.6. The van der Waals surface area contributed by atoms with E-state index < -0.39 is 41.0 Å². The van der Waals surface area contributed by atoms with Gasteiger partial charge in [0.05, 0.1) is 19.8 Å². The van der Waals surface area contributed by atoms with Crippen molar-refractivity contribution in [3.8, 4) is 28.7 Å². The molecule has 0 aliphatic heterocycles. The predicted octanol–water partition coefficient (Wildman–Crippen LogP) is 5.70. The van der Waals surface area contributed by atoms with Gasteiger partial charge < -0.3 is 39.0 Å². The molecule has 13 heteroatoms. The second-order valence-corrected chi connectivity index (χ2v) is 12.6. The number of hydrogen-bond acceptors (Lipinski definition) is 12. The Labute approximate surface area is 300 Å². The Morgan fingerprint density at radius 3 is 1.67 bits per heavy atom. The van der Waals surface area contributed by atoms with Crippen LogP contribution in [0.3, 0.4) is 0 Å². The summed E-state index contributed by atoms with van der Waals surface area (Å²) in [5.74, 6) is -5.24. The van der Waals surface area contributed by atoms with Gasteiger partial charge in [0.25, 0.3) is 0 Å². The average molecular weight is 717 g/mol. The highest BCUT2D eigenvalue weighted by molar-refractivity contribution is 6.06. The van der Waals surface area contributed by atoms with Crippen LogP contribution in [0.1, 0.15) is 82.5 Å². The van der Waals surface area contributed by atoms with Crippen LogP contribution < -0.4 is 18.9 Å². The van der Waals surface area contributed by atoms with E-state index in [0.29, 0.717) is 27.8 Å². The lowest BCUT2D eigenvalue weighted by Gasteiger charge is -2.30. The molecule has 0 spiro atoms. The fourth-order valence-corrected chi connectivity index (χ4v) is 6.09. The molecule has 0 bridgehead atoms. The molecule has 1 atom stereocenters. The summed E-state index contributed by atoms with van der Waals surface area (Å²) < 4.78 is 27.4. The maximum Gasteiger partial charge on any atom is 0.356 e. The molecule has 0 unspecified atom stereocenters. The second-order valence-electron chi connectivity index (χ2n) is 12.6. The molecule has 3 N–H and O–H groups in total. The van der Waals surface area contributed by atoms with Crippen molar-refractivity contribution in [3.63, 3.8) is 0 Å². The highest BCUT2D eigenvalue weighted by Crippen LogP contribution is 2.41. The number of ketones is 1. The van der Waals surface area contributed by atoms with E-state index in [-0.39, 0.29) is 67.7 Å². The van der Waals surface area contributed by atoms with Gasteiger partial charge >= 0.3 is 23.9 Å². The Bertz CT molecular complexity index is 2120. The van der Waals surface area contributed by atoms with E-state index in [9.17, 15) is 39.3 Å². The molecule has 0 saturated heterocycles. The minimum atomic E-state index is -2.41. The van der Waals surface area contributed by atoms with Gasteiger partial charge in [-0.25, -0.2) is 19.2 Å². The smallest absolute Gasteiger partial charge is 0.356 e. The number of aromatic hydroxyl groups is 1. The molecular formula is C39H40O13. The zero-order valence-corrected chi connectivity index (χ0v) is 30.7. The molecule has 274 valence electrons. The first kappa shape index (κ1) is 38.8. The van der Waals surface area contributed by atoms with Gasteiger partial charge in [-0.15, -0.1) is 0 Å². The van der Waals surface area contributed by atoms with E-state index in [4.69, 9.17) is 23.7 Å². The molecule has 3 aromatic carbocycles. The van der Waals surface area contributed by atoms with Crippen LogP contribution in [0.4, 0.5) is 0 Å². The molecule has 0 amide bonds. The van der Waals surface area contributed by atoms with Gasteiger partial charge in [0.2, 0.25) is 5.60 Å². The first-order valence-corrected chi connectivity index (χ1v) is 16.0. The van der Waals surface area contributed by atoms with Crippen LogP contribution in [-0.2, 0) is 14.3 Å². The molecule has 0 saturated carbocycles. The van der Waals surface area contributed by atoms with Gasteiger partial charge in [0.1, 0.15) is 45.6 Å². The third-order valence-electron chi connectivity index (χ3n) is 9.59. The van der Waals surface area contributed by atoms with E-state index in [1.54, 1.807) is 41.5 Å². The summed E-state index contributed by atoms with van der Waals surface area (Å²) in [6.45, 7) is 14.0. The lowest BCUT2D eigenvalue weighted by Crippen LogP contribution is -2.47. The van der Waals surface area contributed by atoms with Crippen molar-refractivity contribution in [1.29, 1.82) is 0 Å². The Morgan fingerprint density at radius 1 is 0.615 bits per heavy atom. The summed E-state index contributed by atoms with van der Waals surface area (Å²) in [5, 5.41) is 32.1. The molecule has 0 aromatic heterocycles. The second kappa shape index (κ2) is 14.3. The van der Waals surface area contributed by atoms with E-state index >= 15 is 0 Å². The number of aryl methyl sites for hydroxylation is 1. The largest absolute Gasteiger partial charge is 0.507 e. The van der Waals surface area contributed by atoms with Gasteiger partial charge in [-0.3, -0.25) is 4.79 Å². The highest BCUT2D eigenvalue weighted by atomic mass is 16.6. The zero-order chi connectivity index (χ0) is 39.1. The summed E-state index contributed by atoms with van der Waals surface area (Å²) in [4.78, 5) is 64.3. The van der Waals surface area contributed by atoms with E-state index in [0.717, 1.165) is 12.2 Å².